The number of nitrogens with one attached hydrogen (secondary N) is 2. The summed E-state index contributed by atoms with van der Waals surface area (Å²) in [5.74, 6) is 0.928. The van der Waals surface area contributed by atoms with Crippen LogP contribution in [0.15, 0.2) is 36.8 Å². The molecule has 27 heavy (non-hydrogen) atoms. The maximum Gasteiger partial charge on any atom is 0.325 e. The van der Waals surface area contributed by atoms with Crippen molar-refractivity contribution in [3.63, 3.8) is 0 Å². The molecule has 0 saturated carbocycles. The smallest absolute Gasteiger partial charge is 0.325 e. The van der Waals surface area contributed by atoms with Crippen LogP contribution in [0.25, 0.3) is 0 Å². The lowest BCUT2D eigenvalue weighted by molar-refractivity contribution is 0.134. The van der Waals surface area contributed by atoms with Crippen LogP contribution in [-0.4, -0.2) is 72.2 Å². The maximum atomic E-state index is 12.2. The zero-order chi connectivity index (χ0) is 19.1. The number of ether oxygens (including phenoxy) is 1. The number of urea groups is 1. The van der Waals surface area contributed by atoms with Crippen LogP contribution in [-0.2, 0) is 0 Å². The van der Waals surface area contributed by atoms with Gasteiger partial charge in [0.15, 0.2) is 5.82 Å². The van der Waals surface area contributed by atoms with Crippen molar-refractivity contribution < 1.29 is 9.53 Å². The highest BCUT2D eigenvalue weighted by Gasteiger charge is 2.14. The first-order chi connectivity index (χ1) is 13.1. The monoisotopic (exact) mass is 390 g/mol. The van der Waals surface area contributed by atoms with Crippen molar-refractivity contribution in [3.05, 3.63) is 41.8 Å². The van der Waals surface area contributed by atoms with Gasteiger partial charge in [0, 0.05) is 50.1 Å². The Bertz CT molecular complexity index is 753. The Balaban J connectivity index is 1.55. The van der Waals surface area contributed by atoms with Gasteiger partial charge in [-0.25, -0.2) is 9.78 Å². The van der Waals surface area contributed by atoms with Crippen LogP contribution in [0, 0.1) is 0 Å². The van der Waals surface area contributed by atoms with E-state index in [0.29, 0.717) is 28.9 Å². The number of hydrogen-bond donors (Lipinski definition) is 2. The second-order valence-corrected chi connectivity index (χ2v) is 6.74. The Morgan fingerprint density at radius 2 is 2.04 bits per heavy atom. The quantitative estimate of drug-likeness (QED) is 0.788. The molecule has 1 aromatic heterocycles. The summed E-state index contributed by atoms with van der Waals surface area (Å²) < 4.78 is 5.89. The number of benzene rings is 1. The molecule has 144 valence electrons. The predicted octanol–water partition coefficient (Wildman–Crippen LogP) is 2.40. The van der Waals surface area contributed by atoms with Crippen molar-refractivity contribution in [2.75, 3.05) is 57.0 Å². The highest BCUT2D eigenvalue weighted by molar-refractivity contribution is 6.31. The molecule has 2 aromatic rings. The molecule has 1 fully saturated rings. The molecule has 2 heterocycles. The fourth-order valence-corrected chi connectivity index (χ4v) is 2.89. The van der Waals surface area contributed by atoms with E-state index in [-0.39, 0.29) is 0 Å². The normalized spacial score (nSPS) is 15.3. The molecule has 0 radical (unpaired) electrons. The van der Waals surface area contributed by atoms with E-state index in [2.05, 4.69) is 37.4 Å². The fourth-order valence-electron chi connectivity index (χ4n) is 2.72. The number of halogens is 1. The lowest BCUT2D eigenvalue weighted by atomic mass is 10.3. The van der Waals surface area contributed by atoms with Crippen LogP contribution in [0.1, 0.15) is 0 Å². The van der Waals surface area contributed by atoms with Gasteiger partial charge in [-0.1, -0.05) is 11.6 Å². The Morgan fingerprint density at radius 3 is 2.78 bits per heavy atom. The second kappa shape index (κ2) is 9.50. The Hall–Kier alpha value is -2.42. The van der Waals surface area contributed by atoms with Crippen LogP contribution in [0.2, 0.25) is 5.02 Å². The fraction of sp³-hybridized carbons (Fsp3) is 0.389. The van der Waals surface area contributed by atoms with Crippen LogP contribution < -0.4 is 15.4 Å². The van der Waals surface area contributed by atoms with E-state index >= 15 is 0 Å². The van der Waals surface area contributed by atoms with Crippen molar-refractivity contribution in [2.45, 2.75) is 0 Å². The average Bonchev–Trinajstić information content (AvgIpc) is 2.66. The largest absolute Gasteiger partial charge is 0.490 e. The first kappa shape index (κ1) is 19.3. The summed E-state index contributed by atoms with van der Waals surface area (Å²) in [4.78, 5) is 24.8. The van der Waals surface area contributed by atoms with Crippen molar-refractivity contribution in [1.82, 2.24) is 19.8 Å². The molecule has 2 amide bonds. The Morgan fingerprint density at radius 1 is 1.22 bits per heavy atom. The number of likely N-dealkylation sites (N-methyl/N-ethyl adjacent to an activating group) is 1. The van der Waals surface area contributed by atoms with Gasteiger partial charge in [-0.2, -0.15) is 0 Å². The van der Waals surface area contributed by atoms with E-state index in [4.69, 9.17) is 16.3 Å². The van der Waals surface area contributed by atoms with E-state index in [0.717, 1.165) is 32.7 Å². The molecule has 1 aliphatic heterocycles. The molecule has 9 heteroatoms. The lowest BCUT2D eigenvalue weighted by Gasteiger charge is -2.32. The molecule has 0 spiro atoms. The summed E-state index contributed by atoms with van der Waals surface area (Å²) >= 11 is 6.07. The number of anilines is 2. The minimum absolute atomic E-state index is 0.356. The number of carbonyl (C=O) groups excluding carboxylic acids is 1. The van der Waals surface area contributed by atoms with Crippen LogP contribution in [0.4, 0.5) is 16.3 Å². The summed E-state index contributed by atoms with van der Waals surface area (Å²) in [5, 5.41) is 5.87. The molecule has 1 aliphatic rings. The van der Waals surface area contributed by atoms with E-state index in [1.807, 2.05) is 0 Å². The summed E-state index contributed by atoms with van der Waals surface area (Å²) in [6, 6.07) is 4.70. The number of carbonyl (C=O) groups is 1. The molecule has 8 nitrogen and oxygen atoms in total. The van der Waals surface area contributed by atoms with Gasteiger partial charge < -0.3 is 15.0 Å². The van der Waals surface area contributed by atoms with Gasteiger partial charge in [0.25, 0.3) is 0 Å². The third-order valence-corrected chi connectivity index (χ3v) is 4.49. The highest BCUT2D eigenvalue weighted by atomic mass is 35.5. The van der Waals surface area contributed by atoms with Crippen molar-refractivity contribution in [1.29, 1.82) is 0 Å². The highest BCUT2D eigenvalue weighted by Crippen LogP contribution is 2.28. The topological polar surface area (TPSA) is 82.6 Å². The van der Waals surface area contributed by atoms with Crippen molar-refractivity contribution in [3.8, 4) is 5.75 Å². The van der Waals surface area contributed by atoms with Gasteiger partial charge in [0.2, 0.25) is 0 Å². The maximum absolute atomic E-state index is 12.2. The minimum Gasteiger partial charge on any atom is -0.490 e. The number of rotatable bonds is 6. The van der Waals surface area contributed by atoms with Gasteiger partial charge in [-0.3, -0.25) is 15.2 Å². The molecule has 3 rings (SSSR count). The van der Waals surface area contributed by atoms with Gasteiger partial charge in [0.05, 0.1) is 11.9 Å². The third kappa shape index (κ3) is 6.06. The minimum atomic E-state index is -0.443. The number of aromatic nitrogens is 2. The summed E-state index contributed by atoms with van der Waals surface area (Å²) in [7, 11) is 2.13. The van der Waals surface area contributed by atoms with E-state index in [1.54, 1.807) is 18.2 Å². The number of hydrogen-bond acceptors (Lipinski definition) is 6. The van der Waals surface area contributed by atoms with E-state index in [1.165, 1.54) is 18.6 Å². The van der Waals surface area contributed by atoms with Crippen molar-refractivity contribution >= 4 is 29.1 Å². The summed E-state index contributed by atoms with van der Waals surface area (Å²) in [5.41, 5.74) is 0.502. The molecule has 0 unspecified atom stereocenters. The van der Waals surface area contributed by atoms with E-state index in [9.17, 15) is 4.79 Å². The molecule has 0 bridgehead atoms. The molecule has 2 N–H and O–H groups in total. The van der Waals surface area contributed by atoms with E-state index < -0.39 is 6.03 Å². The zero-order valence-corrected chi connectivity index (χ0v) is 15.9. The Kier molecular flexibility index (Phi) is 6.80. The van der Waals surface area contributed by atoms with Gasteiger partial charge in [0.1, 0.15) is 12.4 Å². The van der Waals surface area contributed by atoms with Crippen LogP contribution in [0.3, 0.4) is 0 Å². The number of piperazine rings is 1. The molecule has 1 aromatic carbocycles. The van der Waals surface area contributed by atoms with Crippen LogP contribution >= 0.6 is 11.6 Å². The zero-order valence-electron chi connectivity index (χ0n) is 15.2. The van der Waals surface area contributed by atoms with Crippen LogP contribution in [0.5, 0.6) is 5.75 Å². The second-order valence-electron chi connectivity index (χ2n) is 6.30. The van der Waals surface area contributed by atoms with Gasteiger partial charge >= 0.3 is 6.03 Å². The standard InChI is InChI=1S/C18H23ClN6O2/c1-24-6-8-25(9-7-24)10-11-27-16-3-2-14(19)12-15(16)22-18(26)23-17-13-20-4-5-21-17/h2-5,12-13H,6-11H2,1H3,(H2,21,22,23,26). The SMILES string of the molecule is CN1CCN(CCOc2ccc(Cl)cc2NC(=O)Nc2cnccn2)CC1. The third-order valence-electron chi connectivity index (χ3n) is 4.26. The van der Waals surface area contributed by atoms with Crippen molar-refractivity contribution in [2.24, 2.45) is 0 Å². The number of amides is 2. The van der Waals surface area contributed by atoms with Gasteiger partial charge in [-0.05, 0) is 25.2 Å². The lowest BCUT2D eigenvalue weighted by Crippen LogP contribution is -2.45. The number of nitrogens with zero attached hydrogens (tertiary/aromatic N) is 4. The summed E-state index contributed by atoms with van der Waals surface area (Å²) in [6.45, 7) is 5.57. The predicted molar refractivity (Wildman–Crippen MR) is 106 cm³/mol. The molecular formula is C18H23ClN6O2. The Labute approximate surface area is 163 Å². The molecule has 0 aliphatic carbocycles. The molecule has 1 saturated heterocycles. The molecule has 0 atom stereocenters. The first-order valence-corrected chi connectivity index (χ1v) is 9.15. The molecular weight excluding hydrogens is 368 g/mol. The first-order valence-electron chi connectivity index (χ1n) is 8.77. The average molecular weight is 391 g/mol. The summed E-state index contributed by atoms with van der Waals surface area (Å²) in [6.07, 6.45) is 4.50. The van der Waals surface area contributed by atoms with Gasteiger partial charge in [-0.15, -0.1) is 0 Å².